The van der Waals surface area contributed by atoms with Crippen molar-refractivity contribution >= 4 is 45.5 Å². The predicted molar refractivity (Wildman–Crippen MR) is 146 cm³/mol. The van der Waals surface area contributed by atoms with Gasteiger partial charge in [-0.1, -0.05) is 42.8 Å². The summed E-state index contributed by atoms with van der Waals surface area (Å²) in [4.78, 5) is 13.4. The SMILES string of the molecule is CCc1nc(NS(=O)(=O)c2ccccc2Cl)ccc1/C=C/c1cnc(N[C@H]2CC[C@H](NC)CC2)nc1. The summed E-state index contributed by atoms with van der Waals surface area (Å²) in [6.07, 6.45) is 12.6. The highest BCUT2D eigenvalue weighted by Gasteiger charge is 2.20. The fourth-order valence-corrected chi connectivity index (χ4v) is 5.77. The van der Waals surface area contributed by atoms with Crippen LogP contribution in [0.2, 0.25) is 5.02 Å². The minimum Gasteiger partial charge on any atom is -0.351 e. The minimum absolute atomic E-state index is 0.0130. The van der Waals surface area contributed by atoms with Gasteiger partial charge in [-0.05, 0) is 69.0 Å². The van der Waals surface area contributed by atoms with Crippen molar-refractivity contribution < 1.29 is 8.42 Å². The van der Waals surface area contributed by atoms with Gasteiger partial charge in [-0.3, -0.25) is 4.72 Å². The molecule has 0 unspecified atom stereocenters. The standard InChI is InChI=1S/C26H31ClN6O2S/c1-3-23-19(10-15-25(32-23)33-36(34,35)24-7-5-4-6-22(24)27)9-8-18-16-29-26(30-17-18)31-21-13-11-20(28-2)12-14-21/h4-10,15-17,20-21,28H,3,11-14H2,1-2H3,(H,32,33)(H,29,30,31)/b9-8+/t20-,21-. The van der Waals surface area contributed by atoms with E-state index in [0.717, 1.165) is 42.5 Å². The van der Waals surface area contributed by atoms with Crippen LogP contribution in [-0.2, 0) is 16.4 Å². The Hall–Kier alpha value is -3.01. The molecule has 1 aliphatic carbocycles. The summed E-state index contributed by atoms with van der Waals surface area (Å²) >= 11 is 6.06. The minimum atomic E-state index is -3.84. The number of aromatic nitrogens is 3. The molecule has 2 heterocycles. The fourth-order valence-electron chi connectivity index (χ4n) is 4.25. The van der Waals surface area contributed by atoms with Crippen LogP contribution in [0.5, 0.6) is 0 Å². The molecule has 1 aromatic carbocycles. The lowest BCUT2D eigenvalue weighted by Gasteiger charge is -2.28. The summed E-state index contributed by atoms with van der Waals surface area (Å²) in [5.41, 5.74) is 2.52. The van der Waals surface area contributed by atoms with Crippen molar-refractivity contribution in [1.29, 1.82) is 0 Å². The number of hydrogen-bond donors (Lipinski definition) is 3. The molecular weight excluding hydrogens is 496 g/mol. The Morgan fingerprint density at radius 2 is 1.69 bits per heavy atom. The van der Waals surface area contributed by atoms with Gasteiger partial charge in [0.05, 0.1) is 5.02 Å². The maximum Gasteiger partial charge on any atom is 0.264 e. The molecule has 8 nitrogen and oxygen atoms in total. The first kappa shape index (κ1) is 26.1. The Kier molecular flexibility index (Phi) is 8.56. The first-order chi connectivity index (χ1) is 17.4. The van der Waals surface area contributed by atoms with E-state index in [-0.39, 0.29) is 15.7 Å². The molecule has 3 N–H and O–H groups in total. The lowest BCUT2D eigenvalue weighted by atomic mass is 9.91. The maximum atomic E-state index is 12.7. The molecular formula is C26H31ClN6O2S. The van der Waals surface area contributed by atoms with Gasteiger partial charge < -0.3 is 10.6 Å². The number of rotatable bonds is 9. The summed E-state index contributed by atoms with van der Waals surface area (Å²) in [6, 6.07) is 10.8. The van der Waals surface area contributed by atoms with Crippen LogP contribution >= 0.6 is 11.6 Å². The van der Waals surface area contributed by atoms with Crippen molar-refractivity contribution in [3.8, 4) is 0 Å². The number of hydrogen-bond acceptors (Lipinski definition) is 7. The number of nitrogens with one attached hydrogen (secondary N) is 3. The molecule has 1 aliphatic rings. The number of pyridine rings is 1. The zero-order valence-corrected chi connectivity index (χ0v) is 22.0. The van der Waals surface area contributed by atoms with Crippen LogP contribution in [0.4, 0.5) is 11.8 Å². The van der Waals surface area contributed by atoms with Gasteiger partial charge in [0, 0.05) is 35.7 Å². The van der Waals surface area contributed by atoms with Gasteiger partial charge in [-0.25, -0.2) is 23.4 Å². The smallest absolute Gasteiger partial charge is 0.264 e. The molecule has 0 radical (unpaired) electrons. The number of benzene rings is 1. The van der Waals surface area contributed by atoms with Crippen LogP contribution in [0.15, 0.2) is 53.7 Å². The maximum absolute atomic E-state index is 12.7. The molecule has 1 saturated carbocycles. The number of anilines is 2. The van der Waals surface area contributed by atoms with Crippen LogP contribution in [-0.4, -0.2) is 42.5 Å². The second-order valence-corrected chi connectivity index (χ2v) is 10.8. The number of halogens is 1. The average Bonchev–Trinajstić information content (AvgIpc) is 2.89. The van der Waals surface area contributed by atoms with Crippen molar-refractivity contribution in [2.75, 3.05) is 17.1 Å². The third-order valence-electron chi connectivity index (χ3n) is 6.31. The molecule has 0 spiro atoms. The van der Waals surface area contributed by atoms with E-state index >= 15 is 0 Å². The highest BCUT2D eigenvalue weighted by Crippen LogP contribution is 2.24. The van der Waals surface area contributed by atoms with Crippen LogP contribution in [0.25, 0.3) is 12.2 Å². The molecule has 0 aliphatic heterocycles. The van der Waals surface area contributed by atoms with Gasteiger partial charge in [0.25, 0.3) is 10.0 Å². The second-order valence-electron chi connectivity index (χ2n) is 8.78. The van der Waals surface area contributed by atoms with Crippen LogP contribution < -0.4 is 15.4 Å². The summed E-state index contributed by atoms with van der Waals surface area (Å²) < 4.78 is 28.0. The monoisotopic (exact) mass is 526 g/mol. The lowest BCUT2D eigenvalue weighted by Crippen LogP contribution is -2.35. The first-order valence-corrected chi connectivity index (χ1v) is 13.9. The van der Waals surface area contributed by atoms with Crippen molar-refractivity contribution in [1.82, 2.24) is 20.3 Å². The molecule has 190 valence electrons. The van der Waals surface area contributed by atoms with Gasteiger partial charge in [-0.15, -0.1) is 0 Å². The fraction of sp³-hybridized carbons (Fsp3) is 0.346. The Morgan fingerprint density at radius 3 is 2.36 bits per heavy atom. The predicted octanol–water partition coefficient (Wildman–Crippen LogP) is 5.00. The quantitative estimate of drug-likeness (QED) is 0.360. The zero-order chi connectivity index (χ0) is 25.5. The Balaban J connectivity index is 1.41. The summed E-state index contributed by atoms with van der Waals surface area (Å²) in [5, 5.41) is 6.94. The zero-order valence-electron chi connectivity index (χ0n) is 20.4. The molecule has 2 aromatic heterocycles. The Bertz CT molecular complexity index is 1310. The van der Waals surface area contributed by atoms with Gasteiger partial charge >= 0.3 is 0 Å². The van der Waals surface area contributed by atoms with Crippen molar-refractivity contribution in [2.45, 2.75) is 56.0 Å². The Morgan fingerprint density at radius 1 is 1.00 bits per heavy atom. The van der Waals surface area contributed by atoms with Crippen LogP contribution in [0.3, 0.4) is 0 Å². The van der Waals surface area contributed by atoms with Crippen LogP contribution in [0.1, 0.15) is 49.4 Å². The highest BCUT2D eigenvalue weighted by molar-refractivity contribution is 7.92. The van der Waals surface area contributed by atoms with Gasteiger partial charge in [0.2, 0.25) is 5.95 Å². The normalized spacial score (nSPS) is 18.3. The molecule has 36 heavy (non-hydrogen) atoms. The third-order valence-corrected chi connectivity index (χ3v) is 8.16. The summed E-state index contributed by atoms with van der Waals surface area (Å²) in [5.74, 6) is 0.887. The Labute approximate surface area is 217 Å². The summed E-state index contributed by atoms with van der Waals surface area (Å²) in [7, 11) is -1.83. The number of sulfonamides is 1. The van der Waals surface area contributed by atoms with Gasteiger partial charge in [0.15, 0.2) is 0 Å². The first-order valence-electron chi connectivity index (χ1n) is 12.1. The van der Waals surface area contributed by atoms with E-state index in [1.807, 2.05) is 32.2 Å². The number of aryl methyl sites for hydroxylation is 1. The van der Waals surface area contributed by atoms with E-state index in [1.165, 1.54) is 12.1 Å². The van der Waals surface area contributed by atoms with Gasteiger partial charge in [0.1, 0.15) is 10.7 Å². The molecule has 0 atom stereocenters. The van der Waals surface area contributed by atoms with E-state index in [9.17, 15) is 8.42 Å². The topological polar surface area (TPSA) is 109 Å². The largest absolute Gasteiger partial charge is 0.351 e. The van der Waals surface area contributed by atoms with Gasteiger partial charge in [-0.2, -0.15) is 0 Å². The number of nitrogens with zero attached hydrogens (tertiary/aromatic N) is 3. The lowest BCUT2D eigenvalue weighted by molar-refractivity contribution is 0.370. The molecule has 1 fully saturated rings. The van der Waals surface area contributed by atoms with Crippen molar-refractivity contribution in [3.63, 3.8) is 0 Å². The summed E-state index contributed by atoms with van der Waals surface area (Å²) in [6.45, 7) is 1.97. The third kappa shape index (κ3) is 6.60. The van der Waals surface area contributed by atoms with Crippen molar-refractivity contribution in [2.24, 2.45) is 0 Å². The van der Waals surface area contributed by atoms with E-state index < -0.39 is 10.0 Å². The molecule has 10 heteroatoms. The molecule has 4 rings (SSSR count). The molecule has 0 saturated heterocycles. The molecule has 0 amide bonds. The molecule has 3 aromatic rings. The van der Waals surface area contributed by atoms with Crippen molar-refractivity contribution in [3.05, 3.63) is 70.6 Å². The highest BCUT2D eigenvalue weighted by atomic mass is 35.5. The molecule has 0 bridgehead atoms. The second kappa shape index (κ2) is 11.8. The van der Waals surface area contributed by atoms with Crippen LogP contribution in [0, 0.1) is 0 Å². The average molecular weight is 527 g/mol. The van der Waals surface area contributed by atoms with E-state index in [4.69, 9.17) is 11.6 Å². The van der Waals surface area contributed by atoms with E-state index in [2.05, 4.69) is 30.3 Å². The van der Waals surface area contributed by atoms with E-state index in [0.29, 0.717) is 24.5 Å². The van der Waals surface area contributed by atoms with E-state index in [1.54, 1.807) is 30.6 Å².